The van der Waals surface area contributed by atoms with Crippen molar-refractivity contribution in [3.8, 4) is 0 Å². The lowest BCUT2D eigenvalue weighted by atomic mass is 10.1. The number of sulfone groups is 1. The van der Waals surface area contributed by atoms with Crippen LogP contribution in [0, 0.1) is 6.92 Å². The number of aromatic nitrogens is 1. The first-order valence-corrected chi connectivity index (χ1v) is 11.4. The normalized spacial score (nSPS) is 24.5. The van der Waals surface area contributed by atoms with E-state index in [-0.39, 0.29) is 36.0 Å². The molecule has 7 heteroatoms. The number of nitrogens with zero attached hydrogens (tertiary/aromatic N) is 1. The number of benzene rings is 1. The standard InChI is InChI=1S/C20H26N2O4S/c1-14-18(17-6-2-3-7-19(17)21-14)11-20(23)22(12-16-5-4-9-26-16)15-8-10-27(24,25)13-15/h2-3,6-7,15-16,21H,4-5,8-13H2,1H3. The van der Waals surface area contributed by atoms with E-state index >= 15 is 0 Å². The maximum Gasteiger partial charge on any atom is 0.227 e. The van der Waals surface area contributed by atoms with Gasteiger partial charge in [0.1, 0.15) is 0 Å². The number of fused-ring (bicyclic) bond motifs is 1. The van der Waals surface area contributed by atoms with E-state index in [4.69, 9.17) is 4.74 Å². The fourth-order valence-electron chi connectivity index (χ4n) is 4.30. The summed E-state index contributed by atoms with van der Waals surface area (Å²) in [6.07, 6.45) is 2.74. The van der Waals surface area contributed by atoms with Gasteiger partial charge in [0.05, 0.1) is 24.0 Å². The molecule has 1 aromatic carbocycles. The lowest BCUT2D eigenvalue weighted by Gasteiger charge is -2.30. The van der Waals surface area contributed by atoms with Gasteiger partial charge in [-0.25, -0.2) is 8.42 Å². The van der Waals surface area contributed by atoms with Crippen molar-refractivity contribution >= 4 is 26.6 Å². The van der Waals surface area contributed by atoms with Gasteiger partial charge < -0.3 is 14.6 Å². The molecule has 0 bridgehead atoms. The predicted molar refractivity (Wildman–Crippen MR) is 104 cm³/mol. The molecule has 2 aliphatic heterocycles. The van der Waals surface area contributed by atoms with E-state index in [1.165, 1.54) is 0 Å². The molecule has 2 saturated heterocycles. The molecular weight excluding hydrogens is 364 g/mol. The van der Waals surface area contributed by atoms with Crippen LogP contribution in [0.2, 0.25) is 0 Å². The van der Waals surface area contributed by atoms with Crippen LogP contribution in [0.3, 0.4) is 0 Å². The zero-order valence-electron chi connectivity index (χ0n) is 15.6. The summed E-state index contributed by atoms with van der Waals surface area (Å²) >= 11 is 0. The highest BCUT2D eigenvalue weighted by molar-refractivity contribution is 7.91. The minimum Gasteiger partial charge on any atom is -0.376 e. The highest BCUT2D eigenvalue weighted by Crippen LogP contribution is 2.26. The Morgan fingerprint density at radius 2 is 2.11 bits per heavy atom. The molecular formula is C20H26N2O4S. The largest absolute Gasteiger partial charge is 0.376 e. The summed E-state index contributed by atoms with van der Waals surface area (Å²) in [6, 6.07) is 7.72. The average Bonchev–Trinajstić information content (AvgIpc) is 3.33. The topological polar surface area (TPSA) is 79.5 Å². The van der Waals surface area contributed by atoms with E-state index in [0.29, 0.717) is 13.0 Å². The third-order valence-corrected chi connectivity index (χ3v) is 7.50. The molecule has 2 atom stereocenters. The van der Waals surface area contributed by atoms with Crippen LogP contribution in [-0.2, 0) is 25.8 Å². The molecule has 2 aliphatic rings. The Labute approximate surface area is 159 Å². The average molecular weight is 391 g/mol. The molecule has 2 unspecified atom stereocenters. The van der Waals surface area contributed by atoms with Crippen LogP contribution in [0.25, 0.3) is 10.9 Å². The number of carbonyl (C=O) groups excluding carboxylic acids is 1. The molecule has 0 aliphatic carbocycles. The van der Waals surface area contributed by atoms with Crippen molar-refractivity contribution in [2.45, 2.75) is 44.8 Å². The van der Waals surface area contributed by atoms with E-state index in [1.807, 2.05) is 31.2 Å². The number of hydrogen-bond acceptors (Lipinski definition) is 4. The molecule has 3 heterocycles. The van der Waals surface area contributed by atoms with Crippen LogP contribution >= 0.6 is 0 Å². The summed E-state index contributed by atoms with van der Waals surface area (Å²) in [4.78, 5) is 18.4. The minimum absolute atomic E-state index is 0.0135. The molecule has 0 saturated carbocycles. The zero-order chi connectivity index (χ0) is 19.0. The zero-order valence-corrected chi connectivity index (χ0v) is 16.4. The molecule has 4 rings (SSSR count). The first kappa shape index (κ1) is 18.5. The summed E-state index contributed by atoms with van der Waals surface area (Å²) in [5.41, 5.74) is 3.00. The summed E-state index contributed by atoms with van der Waals surface area (Å²) in [6.45, 7) is 3.19. The quantitative estimate of drug-likeness (QED) is 0.849. The van der Waals surface area contributed by atoms with Crippen molar-refractivity contribution in [3.63, 3.8) is 0 Å². The molecule has 2 aromatic rings. The van der Waals surface area contributed by atoms with Gasteiger partial charge in [-0.3, -0.25) is 4.79 Å². The fraction of sp³-hybridized carbons (Fsp3) is 0.550. The number of ether oxygens (including phenoxy) is 1. The monoisotopic (exact) mass is 390 g/mol. The van der Waals surface area contributed by atoms with Crippen molar-refractivity contribution in [1.29, 1.82) is 0 Å². The smallest absolute Gasteiger partial charge is 0.227 e. The van der Waals surface area contributed by atoms with Crippen LogP contribution in [-0.4, -0.2) is 61.0 Å². The molecule has 1 N–H and O–H groups in total. The molecule has 27 heavy (non-hydrogen) atoms. The predicted octanol–water partition coefficient (Wildman–Crippen LogP) is 2.21. The Bertz CT molecular complexity index is 944. The molecule has 146 valence electrons. The van der Waals surface area contributed by atoms with Gasteiger partial charge >= 0.3 is 0 Å². The highest BCUT2D eigenvalue weighted by atomic mass is 32.2. The minimum atomic E-state index is -3.05. The van der Waals surface area contributed by atoms with Crippen molar-refractivity contribution in [1.82, 2.24) is 9.88 Å². The number of aromatic amines is 1. The number of carbonyl (C=O) groups is 1. The van der Waals surface area contributed by atoms with Crippen LogP contribution in [0.5, 0.6) is 0 Å². The van der Waals surface area contributed by atoms with E-state index in [1.54, 1.807) is 4.90 Å². The first-order chi connectivity index (χ1) is 12.9. The Morgan fingerprint density at radius 3 is 2.81 bits per heavy atom. The second kappa shape index (κ2) is 7.28. The van der Waals surface area contributed by atoms with E-state index in [9.17, 15) is 13.2 Å². The van der Waals surface area contributed by atoms with Gasteiger partial charge in [0.2, 0.25) is 5.91 Å². The van der Waals surface area contributed by atoms with Crippen LogP contribution in [0.1, 0.15) is 30.5 Å². The van der Waals surface area contributed by atoms with Gasteiger partial charge in [-0.2, -0.15) is 0 Å². The van der Waals surface area contributed by atoms with Crippen LogP contribution in [0.4, 0.5) is 0 Å². The molecule has 1 aromatic heterocycles. The SMILES string of the molecule is Cc1[nH]c2ccccc2c1CC(=O)N(CC1CCCO1)C1CCS(=O)(=O)C1. The second-order valence-corrected chi connectivity index (χ2v) is 9.92. The Morgan fingerprint density at radius 1 is 1.30 bits per heavy atom. The Hall–Kier alpha value is -1.86. The van der Waals surface area contributed by atoms with Gasteiger partial charge in [-0.15, -0.1) is 0 Å². The first-order valence-electron chi connectivity index (χ1n) is 9.60. The fourth-order valence-corrected chi connectivity index (χ4v) is 6.03. The highest BCUT2D eigenvalue weighted by Gasteiger charge is 2.36. The number of para-hydroxylation sites is 1. The van der Waals surface area contributed by atoms with Crippen LogP contribution in [0.15, 0.2) is 24.3 Å². The van der Waals surface area contributed by atoms with E-state index in [0.717, 1.165) is 41.6 Å². The van der Waals surface area contributed by atoms with E-state index < -0.39 is 9.84 Å². The van der Waals surface area contributed by atoms with Gasteiger partial charge in [0.25, 0.3) is 0 Å². The molecule has 0 spiro atoms. The van der Waals surface area contributed by atoms with Crippen molar-refractivity contribution in [2.75, 3.05) is 24.7 Å². The number of aryl methyl sites for hydroxylation is 1. The van der Waals surface area contributed by atoms with Gasteiger partial charge in [-0.1, -0.05) is 18.2 Å². The van der Waals surface area contributed by atoms with Gasteiger partial charge in [0.15, 0.2) is 9.84 Å². The summed E-state index contributed by atoms with van der Waals surface area (Å²) in [5.74, 6) is 0.220. The van der Waals surface area contributed by atoms with Gasteiger partial charge in [-0.05, 0) is 37.8 Å². The summed E-state index contributed by atoms with van der Waals surface area (Å²) in [7, 11) is -3.05. The van der Waals surface area contributed by atoms with Crippen LogP contribution < -0.4 is 0 Å². The number of nitrogens with one attached hydrogen (secondary N) is 1. The number of amides is 1. The number of H-pyrrole nitrogens is 1. The lowest BCUT2D eigenvalue weighted by Crippen LogP contribution is -2.46. The number of hydrogen-bond donors (Lipinski definition) is 1. The maximum absolute atomic E-state index is 13.3. The Kier molecular flexibility index (Phi) is 4.99. The second-order valence-electron chi connectivity index (χ2n) is 7.69. The number of rotatable bonds is 5. The molecule has 2 fully saturated rings. The summed E-state index contributed by atoms with van der Waals surface area (Å²) in [5, 5.41) is 1.06. The maximum atomic E-state index is 13.3. The molecule has 6 nitrogen and oxygen atoms in total. The third kappa shape index (κ3) is 3.89. The molecule has 1 amide bonds. The van der Waals surface area contributed by atoms with E-state index in [2.05, 4.69) is 4.98 Å². The summed E-state index contributed by atoms with van der Waals surface area (Å²) < 4.78 is 29.7. The molecule has 0 radical (unpaired) electrons. The van der Waals surface area contributed by atoms with Crippen molar-refractivity contribution in [2.24, 2.45) is 0 Å². The Balaban J connectivity index is 1.58. The lowest BCUT2D eigenvalue weighted by molar-refractivity contribution is -0.134. The van der Waals surface area contributed by atoms with Gasteiger partial charge in [0, 0.05) is 35.8 Å². The van der Waals surface area contributed by atoms with Crippen molar-refractivity contribution in [3.05, 3.63) is 35.5 Å². The third-order valence-electron chi connectivity index (χ3n) is 5.75. The van der Waals surface area contributed by atoms with Crippen molar-refractivity contribution < 1.29 is 17.9 Å².